The molecule has 1 heterocycles. The summed E-state index contributed by atoms with van der Waals surface area (Å²) in [6, 6.07) is 7.57. The van der Waals surface area contributed by atoms with Gasteiger partial charge < -0.3 is 10.8 Å². The summed E-state index contributed by atoms with van der Waals surface area (Å²) in [4.78, 5) is 1.06. The highest BCUT2D eigenvalue weighted by atomic mass is 127. The molecule has 0 spiro atoms. The van der Waals surface area contributed by atoms with E-state index in [9.17, 15) is 5.11 Å². The van der Waals surface area contributed by atoms with E-state index < -0.39 is 0 Å². The third-order valence-corrected chi connectivity index (χ3v) is 4.64. The highest BCUT2D eigenvalue weighted by Crippen LogP contribution is 2.34. The third-order valence-electron chi connectivity index (χ3n) is 2.24. The van der Waals surface area contributed by atoms with Gasteiger partial charge in [0.15, 0.2) is 0 Å². The van der Waals surface area contributed by atoms with Gasteiger partial charge in [-0.3, -0.25) is 0 Å². The lowest BCUT2D eigenvalue weighted by molar-refractivity contribution is 0.461. The van der Waals surface area contributed by atoms with Crippen LogP contribution in [0.2, 0.25) is 0 Å². The zero-order chi connectivity index (χ0) is 11.7. The topological polar surface area (TPSA) is 46.2 Å². The Labute approximate surface area is 125 Å². The molecule has 16 heavy (non-hydrogen) atoms. The molecule has 0 fully saturated rings. The molecule has 0 saturated heterocycles. The molecule has 2 aromatic rings. The van der Waals surface area contributed by atoms with Crippen molar-refractivity contribution in [2.75, 3.05) is 0 Å². The molecule has 3 N–H and O–H groups in total. The first-order valence-corrected chi connectivity index (χ1v) is 7.60. The third kappa shape index (κ3) is 2.52. The van der Waals surface area contributed by atoms with Gasteiger partial charge in [-0.15, -0.1) is 11.3 Å². The van der Waals surface area contributed by atoms with Gasteiger partial charge in [0, 0.05) is 14.0 Å². The molecule has 1 aromatic carbocycles. The van der Waals surface area contributed by atoms with Gasteiger partial charge in [0.25, 0.3) is 0 Å². The Hall–Kier alpha value is 0.140. The van der Waals surface area contributed by atoms with Crippen molar-refractivity contribution in [2.24, 2.45) is 5.73 Å². The molecule has 0 radical (unpaired) electrons. The van der Waals surface area contributed by atoms with Crippen molar-refractivity contribution in [3.05, 3.63) is 47.2 Å². The molecule has 1 atom stereocenters. The number of phenolic OH excluding ortho intramolecular Hbond substituents is 1. The van der Waals surface area contributed by atoms with Crippen LogP contribution in [0.4, 0.5) is 0 Å². The predicted octanol–water partition coefficient (Wildman–Crippen LogP) is 3.71. The lowest BCUT2D eigenvalue weighted by atomic mass is 10.1. The van der Waals surface area contributed by atoms with Gasteiger partial charge in [0.2, 0.25) is 0 Å². The minimum atomic E-state index is -0.247. The minimum absolute atomic E-state index is 0.247. The van der Waals surface area contributed by atoms with E-state index in [-0.39, 0.29) is 6.04 Å². The summed E-state index contributed by atoms with van der Waals surface area (Å²) in [6.07, 6.45) is 0. The number of halogens is 2. The van der Waals surface area contributed by atoms with Gasteiger partial charge in [0.1, 0.15) is 5.75 Å². The lowest BCUT2D eigenvalue weighted by Crippen LogP contribution is -2.11. The molecule has 2 rings (SSSR count). The van der Waals surface area contributed by atoms with Gasteiger partial charge in [-0.2, -0.15) is 0 Å². The summed E-state index contributed by atoms with van der Waals surface area (Å²) in [5.41, 5.74) is 6.93. The van der Waals surface area contributed by atoms with Gasteiger partial charge in [-0.05, 0) is 68.8 Å². The quantitative estimate of drug-likeness (QED) is 0.676. The molecule has 2 nitrogen and oxygen atoms in total. The van der Waals surface area contributed by atoms with Gasteiger partial charge >= 0.3 is 0 Å². The van der Waals surface area contributed by atoms with Crippen molar-refractivity contribution in [2.45, 2.75) is 6.04 Å². The van der Waals surface area contributed by atoms with Crippen LogP contribution in [0, 0.1) is 7.14 Å². The van der Waals surface area contributed by atoms with E-state index in [1.54, 1.807) is 11.3 Å². The van der Waals surface area contributed by atoms with Crippen LogP contribution < -0.4 is 5.73 Å². The highest BCUT2D eigenvalue weighted by Gasteiger charge is 2.16. The average Bonchev–Trinajstić information content (AvgIpc) is 2.75. The summed E-state index contributed by atoms with van der Waals surface area (Å²) in [6.45, 7) is 0. The number of rotatable bonds is 2. The van der Waals surface area contributed by atoms with Crippen LogP contribution >= 0.6 is 56.5 Å². The Bertz CT molecular complexity index is 499. The number of hydrogen-bond donors (Lipinski definition) is 2. The SMILES string of the molecule is N[C@H](c1cccs1)c1cc(I)cc(I)c1O. The second kappa shape index (κ2) is 5.19. The Morgan fingerprint density at radius 1 is 1.31 bits per heavy atom. The second-order valence-corrected chi connectivity index (χ2v) is 6.71. The first-order valence-electron chi connectivity index (χ1n) is 4.56. The first-order chi connectivity index (χ1) is 7.59. The van der Waals surface area contributed by atoms with Crippen LogP contribution in [0.1, 0.15) is 16.5 Å². The maximum Gasteiger partial charge on any atom is 0.134 e. The Balaban J connectivity index is 2.48. The number of thiophene rings is 1. The van der Waals surface area contributed by atoms with Crippen molar-refractivity contribution in [3.8, 4) is 5.75 Å². The van der Waals surface area contributed by atoms with E-state index in [0.717, 1.165) is 17.6 Å². The van der Waals surface area contributed by atoms with Crippen molar-refractivity contribution in [3.63, 3.8) is 0 Å². The maximum absolute atomic E-state index is 10.0. The summed E-state index contributed by atoms with van der Waals surface area (Å²) in [5.74, 6) is 0.293. The summed E-state index contributed by atoms with van der Waals surface area (Å²) in [7, 11) is 0. The normalized spacial score (nSPS) is 12.7. The maximum atomic E-state index is 10.0. The van der Waals surface area contributed by atoms with Gasteiger partial charge in [-0.1, -0.05) is 6.07 Å². The number of hydrogen-bond acceptors (Lipinski definition) is 3. The lowest BCUT2D eigenvalue weighted by Gasteiger charge is -2.13. The van der Waals surface area contributed by atoms with Crippen molar-refractivity contribution >= 4 is 56.5 Å². The summed E-state index contributed by atoms with van der Waals surface area (Å²) in [5, 5.41) is 12.0. The fourth-order valence-electron chi connectivity index (χ4n) is 1.44. The van der Waals surface area contributed by atoms with Gasteiger partial charge in [-0.25, -0.2) is 0 Å². The molecule has 5 heteroatoms. The number of nitrogens with two attached hydrogens (primary N) is 1. The Morgan fingerprint density at radius 2 is 2.06 bits per heavy atom. The number of benzene rings is 1. The van der Waals surface area contributed by atoms with Crippen LogP contribution in [0.15, 0.2) is 29.6 Å². The van der Waals surface area contributed by atoms with Crippen LogP contribution in [-0.4, -0.2) is 5.11 Å². The van der Waals surface area contributed by atoms with E-state index in [0.29, 0.717) is 5.75 Å². The zero-order valence-corrected chi connectivity index (χ0v) is 13.3. The summed E-state index contributed by atoms with van der Waals surface area (Å²) < 4.78 is 1.92. The smallest absolute Gasteiger partial charge is 0.134 e. The second-order valence-electron chi connectivity index (χ2n) is 3.32. The molecule has 0 unspecified atom stereocenters. The fourth-order valence-corrected chi connectivity index (χ4v) is 4.08. The minimum Gasteiger partial charge on any atom is -0.506 e. The van der Waals surface area contributed by atoms with Crippen molar-refractivity contribution < 1.29 is 5.11 Å². The molecule has 0 saturated carbocycles. The standard InChI is InChI=1S/C11H9I2NOS/c12-6-4-7(11(15)8(13)5-6)10(14)9-2-1-3-16-9/h1-5,10,15H,14H2/t10-/m0/s1. The van der Waals surface area contributed by atoms with E-state index in [2.05, 4.69) is 45.2 Å². The molecule has 0 aliphatic rings. The van der Waals surface area contributed by atoms with E-state index >= 15 is 0 Å². The van der Waals surface area contributed by atoms with Crippen LogP contribution in [0.25, 0.3) is 0 Å². The molecule has 84 valence electrons. The first kappa shape index (κ1) is 12.6. The molecule has 0 amide bonds. The van der Waals surface area contributed by atoms with Gasteiger partial charge in [0.05, 0.1) is 9.61 Å². The molecule has 1 aromatic heterocycles. The van der Waals surface area contributed by atoms with Crippen molar-refractivity contribution in [1.82, 2.24) is 0 Å². The number of aromatic hydroxyl groups is 1. The molecule has 0 aliphatic carbocycles. The average molecular weight is 457 g/mol. The summed E-state index contributed by atoms with van der Waals surface area (Å²) >= 11 is 5.96. The monoisotopic (exact) mass is 457 g/mol. The van der Waals surface area contributed by atoms with Crippen molar-refractivity contribution in [1.29, 1.82) is 0 Å². The van der Waals surface area contributed by atoms with Crippen LogP contribution in [0.5, 0.6) is 5.75 Å². The molecule has 0 bridgehead atoms. The fraction of sp³-hybridized carbons (Fsp3) is 0.0909. The predicted molar refractivity (Wildman–Crippen MR) is 83.9 cm³/mol. The Morgan fingerprint density at radius 3 is 2.69 bits per heavy atom. The van der Waals surface area contributed by atoms with E-state index in [4.69, 9.17) is 5.73 Å². The Kier molecular flexibility index (Phi) is 4.09. The number of phenols is 1. The van der Waals surface area contributed by atoms with Crippen LogP contribution in [0.3, 0.4) is 0 Å². The molecular formula is C11H9I2NOS. The largest absolute Gasteiger partial charge is 0.506 e. The van der Waals surface area contributed by atoms with E-state index in [1.807, 2.05) is 29.6 Å². The highest BCUT2D eigenvalue weighted by molar-refractivity contribution is 14.1. The zero-order valence-electron chi connectivity index (χ0n) is 8.15. The molecule has 0 aliphatic heterocycles. The molecular weight excluding hydrogens is 448 g/mol. The van der Waals surface area contributed by atoms with E-state index in [1.165, 1.54) is 0 Å². The van der Waals surface area contributed by atoms with Crippen LogP contribution in [-0.2, 0) is 0 Å².